The van der Waals surface area contributed by atoms with Crippen LogP contribution in [-0.2, 0) is 9.53 Å². The van der Waals surface area contributed by atoms with Gasteiger partial charge in [-0.3, -0.25) is 9.78 Å². The summed E-state index contributed by atoms with van der Waals surface area (Å²) in [5, 5.41) is 2.83. The van der Waals surface area contributed by atoms with Crippen molar-refractivity contribution in [2.45, 2.75) is 31.0 Å². The molecular weight excluding hydrogens is 386 g/mol. The van der Waals surface area contributed by atoms with Crippen molar-refractivity contribution in [1.29, 1.82) is 0 Å². The minimum Gasteiger partial charge on any atom is -0.373 e. The quantitative estimate of drug-likeness (QED) is 0.648. The lowest BCUT2D eigenvalue weighted by atomic mass is 9.75. The van der Waals surface area contributed by atoms with Crippen molar-refractivity contribution in [3.05, 3.63) is 84.2 Å². The van der Waals surface area contributed by atoms with Crippen LogP contribution in [0.25, 0.3) is 11.1 Å². The number of nitrogens with zero attached hydrogens (tertiary/aromatic N) is 1. The fraction of sp³-hybridized carbons (Fsp3) is 0.250. The summed E-state index contributed by atoms with van der Waals surface area (Å²) < 4.78 is 34.7. The first-order valence-corrected chi connectivity index (χ1v) is 10.0. The Hall–Kier alpha value is -3.12. The van der Waals surface area contributed by atoms with Crippen LogP contribution < -0.4 is 5.32 Å². The van der Waals surface area contributed by atoms with Crippen molar-refractivity contribution in [3.8, 4) is 11.1 Å². The van der Waals surface area contributed by atoms with E-state index in [1.54, 1.807) is 30.6 Å². The van der Waals surface area contributed by atoms with Gasteiger partial charge in [0.2, 0.25) is 5.91 Å². The number of pyridine rings is 1. The van der Waals surface area contributed by atoms with Gasteiger partial charge in [-0.2, -0.15) is 0 Å². The van der Waals surface area contributed by atoms with Crippen molar-refractivity contribution >= 4 is 11.6 Å². The van der Waals surface area contributed by atoms with Crippen molar-refractivity contribution in [2.24, 2.45) is 5.92 Å². The van der Waals surface area contributed by atoms with Crippen molar-refractivity contribution < 1.29 is 19.7 Å². The van der Waals surface area contributed by atoms with Gasteiger partial charge < -0.3 is 10.1 Å². The number of fused-ring (bicyclic) bond motifs is 2. The third-order valence-electron chi connectivity index (χ3n) is 6.07. The molecule has 2 aliphatic rings. The molecule has 4 nitrogen and oxygen atoms in total. The zero-order valence-corrected chi connectivity index (χ0v) is 16.1. The summed E-state index contributed by atoms with van der Waals surface area (Å²) in [4.78, 5) is 17.2. The molecule has 0 aliphatic carbocycles. The van der Waals surface area contributed by atoms with E-state index in [1.807, 2.05) is 12.1 Å². The van der Waals surface area contributed by atoms with Crippen LogP contribution in [0.2, 0.25) is 0 Å². The summed E-state index contributed by atoms with van der Waals surface area (Å²) in [6.07, 6.45) is 5.06. The molecule has 2 bridgehead atoms. The number of carbonyl (C=O) groups excluding carboxylic acids is 1. The first kappa shape index (κ1) is 18.9. The molecule has 0 radical (unpaired) electrons. The van der Waals surface area contributed by atoms with E-state index in [2.05, 4.69) is 10.3 Å². The van der Waals surface area contributed by atoms with Crippen LogP contribution >= 0.6 is 0 Å². The maximum Gasteiger partial charge on any atom is 0.230 e. The number of nitrogens with one attached hydrogen (secondary N) is 1. The van der Waals surface area contributed by atoms with E-state index in [0.29, 0.717) is 5.69 Å². The zero-order valence-electron chi connectivity index (χ0n) is 16.1. The van der Waals surface area contributed by atoms with Crippen LogP contribution in [0.1, 0.15) is 25.7 Å². The molecule has 1 amide bonds. The highest BCUT2D eigenvalue weighted by molar-refractivity contribution is 5.94. The summed E-state index contributed by atoms with van der Waals surface area (Å²) in [6.45, 7) is 0. The topological polar surface area (TPSA) is 51.2 Å². The molecule has 0 saturated carbocycles. The Balaban J connectivity index is 0.00000231. The Labute approximate surface area is 174 Å². The second-order valence-electron chi connectivity index (χ2n) is 7.79. The third kappa shape index (κ3) is 3.27. The summed E-state index contributed by atoms with van der Waals surface area (Å²) in [5.41, 5.74) is 1.71. The van der Waals surface area contributed by atoms with E-state index in [-0.39, 0.29) is 42.5 Å². The van der Waals surface area contributed by atoms with Gasteiger partial charge in [-0.15, -0.1) is 0 Å². The van der Waals surface area contributed by atoms with Gasteiger partial charge in [0.15, 0.2) is 0 Å². The van der Waals surface area contributed by atoms with Gasteiger partial charge in [0.25, 0.3) is 0 Å². The van der Waals surface area contributed by atoms with Gasteiger partial charge in [-0.25, -0.2) is 8.78 Å². The molecular formula is C24H22F2N2O2. The van der Waals surface area contributed by atoms with Gasteiger partial charge in [-0.05, 0) is 54.8 Å². The molecule has 30 heavy (non-hydrogen) atoms. The van der Waals surface area contributed by atoms with Crippen LogP contribution in [-0.4, -0.2) is 23.1 Å². The second kappa shape index (κ2) is 7.61. The van der Waals surface area contributed by atoms with E-state index >= 15 is 0 Å². The summed E-state index contributed by atoms with van der Waals surface area (Å²) in [7, 11) is 0. The Kier molecular flexibility index (Phi) is 4.79. The molecule has 4 atom stereocenters. The second-order valence-corrected chi connectivity index (χ2v) is 7.79. The van der Waals surface area contributed by atoms with Gasteiger partial charge in [0.1, 0.15) is 11.6 Å². The number of amides is 1. The fourth-order valence-electron chi connectivity index (χ4n) is 4.74. The molecule has 2 fully saturated rings. The average molecular weight is 408 g/mol. The molecule has 5 rings (SSSR count). The minimum absolute atomic E-state index is 0. The van der Waals surface area contributed by atoms with E-state index < -0.39 is 11.6 Å². The number of hydrogen-bond acceptors (Lipinski definition) is 3. The Morgan fingerprint density at radius 2 is 1.70 bits per heavy atom. The predicted octanol–water partition coefficient (Wildman–Crippen LogP) is 5.17. The largest absolute Gasteiger partial charge is 0.373 e. The van der Waals surface area contributed by atoms with E-state index in [9.17, 15) is 13.6 Å². The van der Waals surface area contributed by atoms with Crippen LogP contribution in [0.4, 0.5) is 14.5 Å². The lowest BCUT2D eigenvalue weighted by molar-refractivity contribution is -0.121. The van der Waals surface area contributed by atoms with Crippen molar-refractivity contribution in [2.75, 3.05) is 5.32 Å². The van der Waals surface area contributed by atoms with Crippen LogP contribution in [0, 0.1) is 17.6 Å². The molecule has 3 aromatic rings. The minimum atomic E-state index is -0.590. The number of halogens is 2. The molecule has 3 heterocycles. The maximum absolute atomic E-state index is 14.7. The van der Waals surface area contributed by atoms with Crippen LogP contribution in [0.15, 0.2) is 67.0 Å². The molecule has 2 saturated heterocycles. The van der Waals surface area contributed by atoms with Gasteiger partial charge in [0.05, 0.1) is 18.1 Å². The highest BCUT2D eigenvalue weighted by Gasteiger charge is 2.52. The van der Waals surface area contributed by atoms with E-state index in [1.165, 1.54) is 24.3 Å². The molecule has 2 aliphatic heterocycles. The normalized spacial score (nSPS) is 24.7. The third-order valence-corrected chi connectivity index (χ3v) is 6.07. The van der Waals surface area contributed by atoms with Gasteiger partial charge in [0, 0.05) is 36.6 Å². The molecule has 6 heteroatoms. The molecule has 1 N–H and O–H groups in total. The SMILES string of the molecule is O=C(Nc1ccc(-c2ccccc2F)c(F)c1)[C@H]1[C@H](c2ccncc2)[C@@H]2CC[C@H]1O2.[HH]. The Morgan fingerprint density at radius 1 is 0.967 bits per heavy atom. The van der Waals surface area contributed by atoms with E-state index in [4.69, 9.17) is 4.74 Å². The number of hydrogen-bond donors (Lipinski definition) is 1. The summed E-state index contributed by atoms with van der Waals surface area (Å²) in [5.74, 6) is -1.67. The summed E-state index contributed by atoms with van der Waals surface area (Å²) >= 11 is 0. The first-order chi connectivity index (χ1) is 14.6. The number of anilines is 1. The van der Waals surface area contributed by atoms with Crippen molar-refractivity contribution in [1.82, 2.24) is 4.98 Å². The average Bonchev–Trinajstić information content (AvgIpc) is 3.37. The molecule has 0 unspecified atom stereocenters. The lowest BCUT2D eigenvalue weighted by Crippen LogP contribution is -2.36. The number of benzene rings is 2. The molecule has 2 aromatic carbocycles. The number of carbonyl (C=O) groups is 1. The number of aromatic nitrogens is 1. The summed E-state index contributed by atoms with van der Waals surface area (Å²) in [6, 6.07) is 14.2. The number of ether oxygens (including phenoxy) is 1. The van der Waals surface area contributed by atoms with Crippen LogP contribution in [0.5, 0.6) is 0 Å². The zero-order chi connectivity index (χ0) is 20.7. The molecule has 1 aromatic heterocycles. The molecule has 0 spiro atoms. The monoisotopic (exact) mass is 408 g/mol. The van der Waals surface area contributed by atoms with Crippen molar-refractivity contribution in [3.63, 3.8) is 0 Å². The first-order valence-electron chi connectivity index (χ1n) is 10.0. The smallest absolute Gasteiger partial charge is 0.230 e. The lowest BCUT2D eigenvalue weighted by Gasteiger charge is -2.27. The highest BCUT2D eigenvalue weighted by atomic mass is 19.1. The van der Waals surface area contributed by atoms with Gasteiger partial charge >= 0.3 is 0 Å². The fourth-order valence-corrected chi connectivity index (χ4v) is 4.74. The Morgan fingerprint density at radius 3 is 2.47 bits per heavy atom. The van der Waals surface area contributed by atoms with Gasteiger partial charge in [-0.1, -0.05) is 18.2 Å². The van der Waals surface area contributed by atoms with E-state index in [0.717, 1.165) is 18.4 Å². The van der Waals surface area contributed by atoms with Crippen LogP contribution in [0.3, 0.4) is 0 Å². The standard InChI is InChI=1S/C24H20F2N2O2.H2/c25-18-4-2-1-3-16(18)17-6-5-15(13-19(17)26)28-24(29)23-21-8-7-20(30-21)22(23)14-9-11-27-12-10-14;/h1-6,9-13,20-23H,7-8H2,(H,28,29);1H/t20-,21+,22+,23+;/m0./s1. The number of rotatable bonds is 4. The predicted molar refractivity (Wildman–Crippen MR) is 111 cm³/mol. The highest BCUT2D eigenvalue weighted by Crippen LogP contribution is 2.49. The molecule has 154 valence electrons. The maximum atomic E-state index is 14.7. The Bertz CT molecular complexity index is 1100.